The molecule has 124 valence electrons. The van der Waals surface area contributed by atoms with Gasteiger partial charge < -0.3 is 21.8 Å². The molecule has 0 fully saturated rings. The summed E-state index contributed by atoms with van der Waals surface area (Å²) in [6, 6.07) is 7.17. The first-order chi connectivity index (χ1) is 11.1. The maximum Gasteiger partial charge on any atom is 1.00 e. The van der Waals surface area contributed by atoms with Gasteiger partial charge in [-0.3, -0.25) is 9.91 Å². The number of quaternary nitrogens is 1. The Morgan fingerprint density at radius 2 is 1.96 bits per heavy atom. The molecular weight excluding hydrogens is 388 g/mol. The summed E-state index contributed by atoms with van der Waals surface area (Å²) in [4.78, 5) is 4.35. The molecule has 0 saturated carbocycles. The van der Waals surface area contributed by atoms with E-state index in [2.05, 4.69) is 26.6 Å². The van der Waals surface area contributed by atoms with E-state index < -0.39 is 0 Å². The number of hydrogen-bond acceptors (Lipinski definition) is 3. The molecule has 10 heteroatoms. The fourth-order valence-corrected chi connectivity index (χ4v) is 2.82. The summed E-state index contributed by atoms with van der Waals surface area (Å²) in [7, 11) is 0. The topological polar surface area (TPSA) is 114 Å². The quantitative estimate of drug-likeness (QED) is 0.235. The molecule has 0 aliphatic rings. The van der Waals surface area contributed by atoms with Crippen LogP contribution in [0.15, 0.2) is 40.8 Å². The molecule has 2 aromatic heterocycles. The zero-order chi connectivity index (χ0) is 16.4. The molecule has 0 atom stereocenters. The third-order valence-electron chi connectivity index (χ3n) is 3.35. The molecule has 0 aliphatic carbocycles. The Kier molecular flexibility index (Phi) is 8.79. The van der Waals surface area contributed by atoms with E-state index in [1.165, 1.54) is 0 Å². The molecule has 0 saturated heterocycles. The van der Waals surface area contributed by atoms with Crippen LogP contribution in [-0.2, 0) is 6.54 Å². The average Bonchev–Trinajstić information content (AvgIpc) is 2.85. The standard InChI is InChI=1S/C15H10Cl2N6.K.H3N/c1-9-15-14(5-10(6-19-15)7-20-22-18)23(21-9)8-11-12(16)3-2-4-13(11)17;;/h2-6H,8H2,1H3;;1H3/q-2;+1;/p+1. The van der Waals surface area contributed by atoms with Gasteiger partial charge in [-0.2, -0.15) is 16.9 Å². The molecule has 7 nitrogen and oxygen atoms in total. The van der Waals surface area contributed by atoms with Crippen molar-refractivity contribution < 1.29 is 51.4 Å². The Morgan fingerprint density at radius 3 is 2.60 bits per heavy atom. The summed E-state index contributed by atoms with van der Waals surface area (Å²) in [6.45, 7) is 2.29. The number of aromatic nitrogens is 3. The summed E-state index contributed by atoms with van der Waals surface area (Å²) in [6.07, 6.45) is 4.14. The Balaban J connectivity index is 0.00000156. The van der Waals surface area contributed by atoms with Crippen molar-refractivity contribution in [1.29, 1.82) is 0 Å². The number of hydrogen-bond donors (Lipinski definition) is 1. The summed E-state index contributed by atoms with van der Waals surface area (Å²) in [5.74, 6) is 0. The van der Waals surface area contributed by atoms with Crippen LogP contribution in [0.25, 0.3) is 16.6 Å². The van der Waals surface area contributed by atoms with Gasteiger partial charge in [0.1, 0.15) is 0 Å². The normalized spacial score (nSPS) is 10.5. The van der Waals surface area contributed by atoms with Crippen LogP contribution in [-0.4, -0.2) is 21.0 Å². The van der Waals surface area contributed by atoms with Crippen molar-refractivity contribution in [2.45, 2.75) is 13.5 Å². The third-order valence-corrected chi connectivity index (χ3v) is 4.06. The van der Waals surface area contributed by atoms with Crippen LogP contribution in [0.1, 0.15) is 16.8 Å². The van der Waals surface area contributed by atoms with Crippen molar-refractivity contribution in [3.8, 4) is 0 Å². The van der Waals surface area contributed by atoms with E-state index in [1.54, 1.807) is 29.1 Å². The molecule has 3 rings (SSSR count). The van der Waals surface area contributed by atoms with Gasteiger partial charge in [0.2, 0.25) is 0 Å². The number of pyridine rings is 1. The summed E-state index contributed by atoms with van der Waals surface area (Å²) >= 11 is 12.5. The summed E-state index contributed by atoms with van der Waals surface area (Å²) in [5, 5.41) is 11.6. The van der Waals surface area contributed by atoms with Gasteiger partial charge in [0, 0.05) is 21.1 Å². The number of nitrogens with zero attached hydrogens (tertiary/aromatic N) is 6. The third kappa shape index (κ3) is 4.92. The van der Waals surface area contributed by atoms with Gasteiger partial charge in [0.05, 0.1) is 17.8 Å². The van der Waals surface area contributed by atoms with Crippen LogP contribution < -0.4 is 57.5 Å². The molecule has 25 heavy (non-hydrogen) atoms. The molecule has 0 aliphatic heterocycles. The smallest absolute Gasteiger partial charge is 0.427 e. The number of fused-ring (bicyclic) bond motifs is 1. The van der Waals surface area contributed by atoms with Crippen molar-refractivity contribution in [1.82, 2.24) is 20.9 Å². The Bertz CT molecular complexity index is 903. The second kappa shape index (κ2) is 9.84. The molecule has 2 heterocycles. The van der Waals surface area contributed by atoms with Crippen molar-refractivity contribution in [2.24, 2.45) is 10.3 Å². The molecule has 3 aromatic rings. The largest absolute Gasteiger partial charge is 1.00 e. The van der Waals surface area contributed by atoms with Crippen molar-refractivity contribution >= 4 is 40.4 Å². The molecule has 0 unspecified atom stereocenters. The predicted octanol–water partition coefficient (Wildman–Crippen LogP) is 1.71. The fraction of sp³-hybridized carbons (Fsp3) is 0.133. The van der Waals surface area contributed by atoms with Gasteiger partial charge in [-0.25, -0.2) is 0 Å². The maximum absolute atomic E-state index is 8.38. The fourth-order valence-electron chi connectivity index (χ4n) is 2.31. The van der Waals surface area contributed by atoms with Crippen LogP contribution in [0, 0.1) is 6.92 Å². The van der Waals surface area contributed by atoms with Crippen LogP contribution >= 0.6 is 23.2 Å². The Labute approximate surface area is 197 Å². The van der Waals surface area contributed by atoms with Crippen LogP contribution in [0.3, 0.4) is 0 Å². The molecular formula is C15H14Cl2KN7. The molecule has 4 N–H and O–H groups in total. The van der Waals surface area contributed by atoms with Crippen molar-refractivity contribution in [3.05, 3.63) is 62.9 Å². The van der Waals surface area contributed by atoms with E-state index in [4.69, 9.17) is 28.7 Å². The van der Waals surface area contributed by atoms with Crippen molar-refractivity contribution in [3.63, 3.8) is 0 Å². The van der Waals surface area contributed by atoms with Gasteiger partial charge in [0.25, 0.3) is 0 Å². The number of aryl methyl sites for hydroxylation is 1. The number of rotatable bonds is 4. The Morgan fingerprint density at radius 1 is 1.28 bits per heavy atom. The SMILES string of the molecule is Cc1nn(Cc2c(Cl)cccc2Cl)c2cc([C-]=NN=[N-])cnc12.[K+].[NH4+]. The van der Waals surface area contributed by atoms with E-state index in [-0.39, 0.29) is 57.5 Å². The number of benzene rings is 1. The Hall–Kier alpha value is -0.714. The van der Waals surface area contributed by atoms with Crippen molar-refractivity contribution in [2.75, 3.05) is 0 Å². The molecule has 0 bridgehead atoms. The van der Waals surface area contributed by atoms with E-state index in [9.17, 15) is 0 Å². The predicted molar refractivity (Wildman–Crippen MR) is 96.1 cm³/mol. The summed E-state index contributed by atoms with van der Waals surface area (Å²) in [5.41, 5.74) is 12.1. The average molecular weight is 402 g/mol. The minimum atomic E-state index is 0. The van der Waals surface area contributed by atoms with E-state index >= 15 is 0 Å². The van der Waals surface area contributed by atoms with E-state index in [1.807, 2.05) is 13.0 Å². The molecule has 0 amide bonds. The zero-order valence-electron chi connectivity index (χ0n) is 14.0. The van der Waals surface area contributed by atoms with Gasteiger partial charge in [-0.05, 0) is 19.1 Å². The van der Waals surface area contributed by atoms with E-state index in [0.717, 1.165) is 22.3 Å². The van der Waals surface area contributed by atoms with Gasteiger partial charge in [0.15, 0.2) is 0 Å². The first kappa shape index (κ1) is 22.3. The van der Waals surface area contributed by atoms with E-state index in [0.29, 0.717) is 22.2 Å². The molecule has 1 aromatic carbocycles. The first-order valence-corrected chi connectivity index (χ1v) is 7.42. The molecule has 0 spiro atoms. The summed E-state index contributed by atoms with van der Waals surface area (Å²) < 4.78 is 1.77. The minimum absolute atomic E-state index is 0. The first-order valence-electron chi connectivity index (χ1n) is 6.66. The van der Waals surface area contributed by atoms with Crippen LogP contribution in [0.2, 0.25) is 10.0 Å². The second-order valence-electron chi connectivity index (χ2n) is 4.84. The molecule has 0 radical (unpaired) electrons. The van der Waals surface area contributed by atoms with Gasteiger partial charge in [-0.1, -0.05) is 35.5 Å². The maximum atomic E-state index is 8.38. The number of halogens is 2. The zero-order valence-corrected chi connectivity index (χ0v) is 18.7. The second-order valence-corrected chi connectivity index (χ2v) is 5.65. The van der Waals surface area contributed by atoms with Crippen LogP contribution in [0.4, 0.5) is 0 Å². The van der Waals surface area contributed by atoms with Gasteiger partial charge in [-0.15, -0.1) is 6.07 Å². The monoisotopic (exact) mass is 401 g/mol. The minimum Gasteiger partial charge on any atom is -0.427 e. The van der Waals surface area contributed by atoms with Crippen LogP contribution in [0.5, 0.6) is 0 Å². The van der Waals surface area contributed by atoms with Gasteiger partial charge >= 0.3 is 51.4 Å².